The van der Waals surface area contributed by atoms with E-state index in [9.17, 15) is 4.79 Å². The summed E-state index contributed by atoms with van der Waals surface area (Å²) in [4.78, 5) is 16.7. The first-order valence-corrected chi connectivity index (χ1v) is 9.09. The number of nitrogens with one attached hydrogen (secondary N) is 1. The molecule has 0 aliphatic carbocycles. The van der Waals surface area contributed by atoms with Crippen molar-refractivity contribution < 1.29 is 4.79 Å². The largest absolute Gasteiger partial charge is 0.376 e. The molecular weight excluding hydrogens is 286 g/mol. The number of piperidine rings is 2. The topological polar surface area (TPSA) is 35.6 Å². The first-order valence-electron chi connectivity index (χ1n) is 9.09. The van der Waals surface area contributed by atoms with Gasteiger partial charge in [-0.15, -0.1) is 0 Å². The van der Waals surface area contributed by atoms with Gasteiger partial charge in [0.05, 0.1) is 6.54 Å². The van der Waals surface area contributed by atoms with E-state index in [1.54, 1.807) is 0 Å². The number of carbonyl (C=O) groups is 1. The van der Waals surface area contributed by atoms with Gasteiger partial charge in [0.2, 0.25) is 5.91 Å². The number of carbonyl (C=O) groups excluding carboxylic acids is 1. The van der Waals surface area contributed by atoms with Crippen molar-refractivity contribution in [2.45, 2.75) is 39.0 Å². The average molecular weight is 315 g/mol. The molecule has 4 heteroatoms. The number of rotatable bonds is 4. The third kappa shape index (κ3) is 4.40. The Kier molecular flexibility index (Phi) is 5.42. The van der Waals surface area contributed by atoms with Gasteiger partial charge in [0, 0.05) is 37.6 Å². The molecule has 2 aliphatic heterocycles. The van der Waals surface area contributed by atoms with E-state index in [1.807, 2.05) is 4.90 Å². The Morgan fingerprint density at radius 1 is 1.04 bits per heavy atom. The number of likely N-dealkylation sites (tertiary alicyclic amines) is 1. The van der Waals surface area contributed by atoms with Gasteiger partial charge in [-0.3, -0.25) is 4.79 Å². The van der Waals surface area contributed by atoms with Crippen molar-refractivity contribution in [1.82, 2.24) is 4.90 Å². The first kappa shape index (κ1) is 16.2. The van der Waals surface area contributed by atoms with Gasteiger partial charge < -0.3 is 15.1 Å². The summed E-state index contributed by atoms with van der Waals surface area (Å²) in [5.74, 6) is 0.978. The second-order valence-electron chi connectivity index (χ2n) is 7.01. The van der Waals surface area contributed by atoms with E-state index in [4.69, 9.17) is 0 Å². The van der Waals surface area contributed by atoms with Crippen LogP contribution in [0.15, 0.2) is 24.3 Å². The molecular formula is C19H29N3O. The van der Waals surface area contributed by atoms with E-state index >= 15 is 0 Å². The zero-order valence-electron chi connectivity index (χ0n) is 14.3. The molecule has 2 fully saturated rings. The van der Waals surface area contributed by atoms with Crippen LogP contribution >= 0.6 is 0 Å². The highest BCUT2D eigenvalue weighted by atomic mass is 16.2. The van der Waals surface area contributed by atoms with Crippen LogP contribution in [-0.4, -0.2) is 43.5 Å². The zero-order valence-corrected chi connectivity index (χ0v) is 14.3. The summed E-state index contributed by atoms with van der Waals surface area (Å²) < 4.78 is 0. The SMILES string of the molecule is CC1CCN(C(=O)CNc2ccc(N3CCCCC3)cc2)CC1. The van der Waals surface area contributed by atoms with Gasteiger partial charge in [-0.25, -0.2) is 0 Å². The van der Waals surface area contributed by atoms with Crippen LogP contribution in [-0.2, 0) is 4.79 Å². The maximum absolute atomic E-state index is 12.2. The summed E-state index contributed by atoms with van der Waals surface area (Å²) in [5.41, 5.74) is 2.33. The summed E-state index contributed by atoms with van der Waals surface area (Å²) in [5, 5.41) is 3.27. The molecule has 0 radical (unpaired) electrons. The van der Waals surface area contributed by atoms with Gasteiger partial charge in [-0.05, 0) is 62.3 Å². The maximum Gasteiger partial charge on any atom is 0.241 e. The molecule has 2 saturated heterocycles. The minimum absolute atomic E-state index is 0.219. The molecule has 3 rings (SSSR count). The molecule has 0 unspecified atom stereocenters. The Labute approximate surface area is 139 Å². The molecule has 126 valence electrons. The monoisotopic (exact) mass is 315 g/mol. The molecule has 2 heterocycles. The predicted molar refractivity (Wildman–Crippen MR) is 96.0 cm³/mol. The third-order valence-electron chi connectivity index (χ3n) is 5.17. The van der Waals surface area contributed by atoms with Crippen LogP contribution in [0.4, 0.5) is 11.4 Å². The second kappa shape index (κ2) is 7.71. The van der Waals surface area contributed by atoms with Crippen LogP contribution in [0.5, 0.6) is 0 Å². The minimum atomic E-state index is 0.219. The van der Waals surface area contributed by atoms with Crippen LogP contribution in [0.25, 0.3) is 0 Å². The number of hydrogen-bond donors (Lipinski definition) is 1. The highest BCUT2D eigenvalue weighted by Gasteiger charge is 2.19. The second-order valence-corrected chi connectivity index (χ2v) is 7.01. The molecule has 0 atom stereocenters. The standard InChI is InChI=1S/C19H29N3O/c1-16-9-13-22(14-10-16)19(23)15-20-17-5-7-18(8-6-17)21-11-3-2-4-12-21/h5-8,16,20H,2-4,9-15H2,1H3. The van der Waals surface area contributed by atoms with Crippen molar-refractivity contribution in [3.05, 3.63) is 24.3 Å². The molecule has 1 aromatic rings. The zero-order chi connectivity index (χ0) is 16.1. The quantitative estimate of drug-likeness (QED) is 0.925. The van der Waals surface area contributed by atoms with Crippen molar-refractivity contribution in [3.63, 3.8) is 0 Å². The highest BCUT2D eigenvalue weighted by Crippen LogP contribution is 2.22. The molecule has 0 aromatic heterocycles. The molecule has 0 spiro atoms. The summed E-state index contributed by atoms with van der Waals surface area (Å²) in [7, 11) is 0. The number of anilines is 2. The van der Waals surface area contributed by atoms with Gasteiger partial charge in [-0.1, -0.05) is 6.92 Å². The fourth-order valence-electron chi connectivity index (χ4n) is 3.49. The van der Waals surface area contributed by atoms with Gasteiger partial charge in [0.25, 0.3) is 0 Å². The Balaban J connectivity index is 1.47. The van der Waals surface area contributed by atoms with E-state index in [0.717, 1.165) is 37.5 Å². The lowest BCUT2D eigenvalue weighted by Gasteiger charge is -2.30. The first-order chi connectivity index (χ1) is 11.2. The number of nitrogens with zero attached hydrogens (tertiary/aromatic N) is 2. The Morgan fingerprint density at radius 2 is 1.70 bits per heavy atom. The molecule has 1 aromatic carbocycles. The van der Waals surface area contributed by atoms with Crippen LogP contribution in [0.1, 0.15) is 39.0 Å². The lowest BCUT2D eigenvalue weighted by molar-refractivity contribution is -0.130. The lowest BCUT2D eigenvalue weighted by atomic mass is 9.99. The number of hydrogen-bond acceptors (Lipinski definition) is 3. The molecule has 23 heavy (non-hydrogen) atoms. The van der Waals surface area contributed by atoms with Crippen molar-refractivity contribution in [2.24, 2.45) is 5.92 Å². The molecule has 1 N–H and O–H groups in total. The predicted octanol–water partition coefficient (Wildman–Crippen LogP) is 3.35. The van der Waals surface area contributed by atoms with E-state index in [0.29, 0.717) is 6.54 Å². The maximum atomic E-state index is 12.2. The van der Waals surface area contributed by atoms with E-state index < -0.39 is 0 Å². The van der Waals surface area contributed by atoms with Crippen LogP contribution in [0.3, 0.4) is 0 Å². The molecule has 2 aliphatic rings. The molecule has 0 saturated carbocycles. The van der Waals surface area contributed by atoms with Crippen molar-refractivity contribution in [1.29, 1.82) is 0 Å². The molecule has 4 nitrogen and oxygen atoms in total. The fraction of sp³-hybridized carbons (Fsp3) is 0.632. The van der Waals surface area contributed by atoms with Gasteiger partial charge in [-0.2, -0.15) is 0 Å². The normalized spacial score (nSPS) is 19.7. The number of amides is 1. The Bertz CT molecular complexity index is 500. The van der Waals surface area contributed by atoms with E-state index in [1.165, 1.54) is 38.0 Å². The van der Waals surface area contributed by atoms with Crippen molar-refractivity contribution >= 4 is 17.3 Å². The van der Waals surface area contributed by atoms with Gasteiger partial charge >= 0.3 is 0 Å². The summed E-state index contributed by atoms with van der Waals surface area (Å²) in [6, 6.07) is 8.52. The Morgan fingerprint density at radius 3 is 2.35 bits per heavy atom. The molecule has 0 bridgehead atoms. The highest BCUT2D eigenvalue weighted by molar-refractivity contribution is 5.81. The summed E-state index contributed by atoms with van der Waals surface area (Å²) in [6.07, 6.45) is 6.21. The van der Waals surface area contributed by atoms with Crippen LogP contribution in [0.2, 0.25) is 0 Å². The van der Waals surface area contributed by atoms with Gasteiger partial charge in [0.1, 0.15) is 0 Å². The fourth-order valence-corrected chi connectivity index (χ4v) is 3.49. The van der Waals surface area contributed by atoms with Crippen molar-refractivity contribution in [2.75, 3.05) is 42.9 Å². The summed E-state index contributed by atoms with van der Waals surface area (Å²) >= 11 is 0. The van der Waals surface area contributed by atoms with Crippen molar-refractivity contribution in [3.8, 4) is 0 Å². The smallest absolute Gasteiger partial charge is 0.241 e. The average Bonchev–Trinajstić information content (AvgIpc) is 2.61. The third-order valence-corrected chi connectivity index (χ3v) is 5.17. The van der Waals surface area contributed by atoms with E-state index in [2.05, 4.69) is 41.4 Å². The van der Waals surface area contributed by atoms with Crippen LogP contribution < -0.4 is 10.2 Å². The number of benzene rings is 1. The lowest BCUT2D eigenvalue weighted by Crippen LogP contribution is -2.40. The Hall–Kier alpha value is -1.71. The van der Waals surface area contributed by atoms with Crippen LogP contribution in [0, 0.1) is 5.92 Å². The van der Waals surface area contributed by atoms with E-state index in [-0.39, 0.29) is 5.91 Å². The molecule has 1 amide bonds. The minimum Gasteiger partial charge on any atom is -0.376 e. The van der Waals surface area contributed by atoms with Gasteiger partial charge in [0.15, 0.2) is 0 Å². The summed E-state index contributed by atoms with van der Waals surface area (Å²) in [6.45, 7) is 6.82.